The zero-order chi connectivity index (χ0) is 11.1. The highest BCUT2D eigenvalue weighted by atomic mass is 127. The normalized spacial score (nSPS) is 12.0. The minimum absolute atomic E-state index is 0.777. The zero-order valence-corrected chi connectivity index (χ0v) is 10.9. The maximum atomic E-state index is 10.0. The van der Waals surface area contributed by atoms with Crippen molar-refractivity contribution in [2.75, 3.05) is 0 Å². The Morgan fingerprint density at radius 3 is 2.13 bits per heavy atom. The number of benzene rings is 2. The summed E-state index contributed by atoms with van der Waals surface area (Å²) in [6.07, 6.45) is 0. The average Bonchev–Trinajstić information content (AvgIpc) is 2.15. The Morgan fingerprint density at radius 1 is 1.07 bits per heavy atom. The van der Waals surface area contributed by atoms with E-state index >= 15 is 0 Å². The summed E-state index contributed by atoms with van der Waals surface area (Å²) in [5.41, 5.74) is 0.211. The first-order valence-electron chi connectivity index (χ1n) is 4.89. The summed E-state index contributed by atoms with van der Waals surface area (Å²) in [7, 11) is 0. The lowest BCUT2D eigenvalue weighted by molar-refractivity contribution is 0.0779. The smallest absolute Gasteiger partial charge is 0.0850 e. The topological polar surface area (TPSA) is 20.2 Å². The van der Waals surface area contributed by atoms with E-state index in [0.717, 1.165) is 9.13 Å². The van der Waals surface area contributed by atoms with E-state index in [0.29, 0.717) is 0 Å². The van der Waals surface area contributed by atoms with Gasteiger partial charge in [0.25, 0.3) is 0 Å². The first kappa shape index (κ1) is 10.9. The van der Waals surface area contributed by atoms with Crippen LogP contribution >= 0.6 is 22.6 Å². The van der Waals surface area contributed by atoms with Crippen LogP contribution in [-0.2, 0) is 5.60 Å². The SMILES string of the molecule is CC(C)(O)c1cc2ccccc2cc1I. The number of fused-ring (bicyclic) bond motifs is 1. The Balaban J connectivity index is 2.73. The molecule has 1 N–H and O–H groups in total. The highest BCUT2D eigenvalue weighted by Crippen LogP contribution is 2.29. The van der Waals surface area contributed by atoms with Gasteiger partial charge < -0.3 is 5.11 Å². The molecule has 2 rings (SSSR count). The third-order valence-corrected chi connectivity index (χ3v) is 3.39. The lowest BCUT2D eigenvalue weighted by Crippen LogP contribution is -2.17. The van der Waals surface area contributed by atoms with E-state index in [2.05, 4.69) is 46.9 Å². The standard InChI is InChI=1S/C13H13IO/c1-13(2,15)11-7-9-5-3-4-6-10(9)8-12(11)14/h3-8,15H,1-2H3. The van der Waals surface area contributed by atoms with Gasteiger partial charge >= 0.3 is 0 Å². The van der Waals surface area contributed by atoms with Gasteiger partial charge in [0.15, 0.2) is 0 Å². The molecule has 0 spiro atoms. The van der Waals surface area contributed by atoms with Crippen LogP contribution in [0.25, 0.3) is 10.8 Å². The second-order valence-electron chi connectivity index (χ2n) is 4.24. The van der Waals surface area contributed by atoms with Crippen molar-refractivity contribution in [3.8, 4) is 0 Å². The molecular weight excluding hydrogens is 299 g/mol. The van der Waals surface area contributed by atoms with Crippen LogP contribution in [0.5, 0.6) is 0 Å². The lowest BCUT2D eigenvalue weighted by Gasteiger charge is -2.20. The average molecular weight is 312 g/mol. The van der Waals surface area contributed by atoms with Gasteiger partial charge in [0.2, 0.25) is 0 Å². The van der Waals surface area contributed by atoms with Crippen molar-refractivity contribution in [1.82, 2.24) is 0 Å². The van der Waals surface area contributed by atoms with Gasteiger partial charge in [-0.05, 0) is 64.9 Å². The van der Waals surface area contributed by atoms with Gasteiger partial charge in [0, 0.05) is 3.57 Å². The van der Waals surface area contributed by atoms with Crippen LogP contribution in [0.1, 0.15) is 19.4 Å². The molecule has 15 heavy (non-hydrogen) atoms. The molecule has 0 unspecified atom stereocenters. The molecule has 0 aliphatic carbocycles. The van der Waals surface area contributed by atoms with E-state index < -0.39 is 5.60 Å². The Kier molecular flexibility index (Phi) is 2.73. The van der Waals surface area contributed by atoms with Crippen LogP contribution in [0.2, 0.25) is 0 Å². The van der Waals surface area contributed by atoms with Crippen LogP contribution in [0, 0.1) is 3.57 Å². The van der Waals surface area contributed by atoms with Gasteiger partial charge in [0.05, 0.1) is 5.60 Å². The lowest BCUT2D eigenvalue weighted by atomic mass is 9.96. The van der Waals surface area contributed by atoms with E-state index in [9.17, 15) is 5.11 Å². The number of hydrogen-bond acceptors (Lipinski definition) is 1. The van der Waals surface area contributed by atoms with E-state index in [1.807, 2.05) is 26.0 Å². The summed E-state index contributed by atoms with van der Waals surface area (Å²) in [6.45, 7) is 3.64. The fourth-order valence-electron chi connectivity index (χ4n) is 1.68. The van der Waals surface area contributed by atoms with Crippen LogP contribution in [-0.4, -0.2) is 5.11 Å². The fraction of sp³-hybridized carbons (Fsp3) is 0.231. The summed E-state index contributed by atoms with van der Waals surface area (Å²) in [6, 6.07) is 12.4. The van der Waals surface area contributed by atoms with Gasteiger partial charge in [-0.3, -0.25) is 0 Å². The van der Waals surface area contributed by atoms with Gasteiger partial charge in [-0.2, -0.15) is 0 Å². The molecule has 78 valence electrons. The van der Waals surface area contributed by atoms with Crippen molar-refractivity contribution >= 4 is 33.4 Å². The Hall–Kier alpha value is -0.610. The number of aliphatic hydroxyl groups is 1. The van der Waals surface area contributed by atoms with Crippen molar-refractivity contribution in [2.45, 2.75) is 19.4 Å². The largest absolute Gasteiger partial charge is 0.386 e. The van der Waals surface area contributed by atoms with E-state index in [1.54, 1.807) is 0 Å². The molecule has 0 aliphatic heterocycles. The van der Waals surface area contributed by atoms with Gasteiger partial charge in [-0.1, -0.05) is 24.3 Å². The van der Waals surface area contributed by atoms with E-state index in [4.69, 9.17) is 0 Å². The zero-order valence-electron chi connectivity index (χ0n) is 8.79. The Morgan fingerprint density at radius 2 is 1.60 bits per heavy atom. The number of hydrogen-bond donors (Lipinski definition) is 1. The van der Waals surface area contributed by atoms with E-state index in [1.165, 1.54) is 10.8 Å². The van der Waals surface area contributed by atoms with Crippen LogP contribution in [0.15, 0.2) is 36.4 Å². The predicted molar refractivity (Wildman–Crippen MR) is 71.9 cm³/mol. The maximum absolute atomic E-state index is 10.0. The molecule has 2 aromatic carbocycles. The molecule has 0 amide bonds. The van der Waals surface area contributed by atoms with Gasteiger partial charge in [-0.15, -0.1) is 0 Å². The molecule has 0 aromatic heterocycles. The Bertz CT molecular complexity index is 497. The highest BCUT2D eigenvalue weighted by molar-refractivity contribution is 14.1. The third kappa shape index (κ3) is 2.16. The minimum atomic E-state index is -0.777. The number of halogens is 1. The molecule has 0 saturated carbocycles. The summed E-state index contributed by atoms with van der Waals surface area (Å²) in [5, 5.41) is 12.4. The summed E-state index contributed by atoms with van der Waals surface area (Å²) >= 11 is 2.27. The van der Waals surface area contributed by atoms with E-state index in [-0.39, 0.29) is 0 Å². The molecule has 0 aliphatic rings. The molecule has 2 aromatic rings. The van der Waals surface area contributed by atoms with Crippen molar-refractivity contribution in [1.29, 1.82) is 0 Å². The monoisotopic (exact) mass is 312 g/mol. The van der Waals surface area contributed by atoms with Crippen molar-refractivity contribution in [3.63, 3.8) is 0 Å². The summed E-state index contributed by atoms with van der Waals surface area (Å²) < 4.78 is 1.11. The van der Waals surface area contributed by atoms with Crippen molar-refractivity contribution in [2.24, 2.45) is 0 Å². The fourth-order valence-corrected chi connectivity index (χ4v) is 2.83. The minimum Gasteiger partial charge on any atom is -0.386 e. The molecule has 0 atom stereocenters. The van der Waals surface area contributed by atoms with Crippen LogP contribution in [0.4, 0.5) is 0 Å². The van der Waals surface area contributed by atoms with Crippen LogP contribution < -0.4 is 0 Å². The Labute approximate surface area is 103 Å². The molecule has 2 heteroatoms. The van der Waals surface area contributed by atoms with Crippen LogP contribution in [0.3, 0.4) is 0 Å². The molecule has 0 heterocycles. The van der Waals surface area contributed by atoms with Gasteiger partial charge in [-0.25, -0.2) is 0 Å². The first-order valence-corrected chi connectivity index (χ1v) is 5.97. The molecule has 0 fully saturated rings. The molecule has 0 radical (unpaired) electrons. The third-order valence-electron chi connectivity index (χ3n) is 2.49. The van der Waals surface area contributed by atoms with Crippen molar-refractivity contribution < 1.29 is 5.11 Å². The highest BCUT2D eigenvalue weighted by Gasteiger charge is 2.19. The molecule has 0 bridgehead atoms. The summed E-state index contributed by atoms with van der Waals surface area (Å²) in [5.74, 6) is 0. The van der Waals surface area contributed by atoms with Crippen molar-refractivity contribution in [3.05, 3.63) is 45.5 Å². The predicted octanol–water partition coefficient (Wildman–Crippen LogP) is 3.67. The summed E-state index contributed by atoms with van der Waals surface area (Å²) in [4.78, 5) is 0. The molecular formula is C13H13IO. The second kappa shape index (κ2) is 3.76. The molecule has 0 saturated heterocycles. The maximum Gasteiger partial charge on any atom is 0.0850 e. The molecule has 1 nitrogen and oxygen atoms in total. The quantitative estimate of drug-likeness (QED) is 0.797. The first-order chi connectivity index (χ1) is 6.98. The second-order valence-corrected chi connectivity index (χ2v) is 5.40. The number of rotatable bonds is 1. The van der Waals surface area contributed by atoms with Gasteiger partial charge in [0.1, 0.15) is 0 Å².